The van der Waals surface area contributed by atoms with Gasteiger partial charge in [0.1, 0.15) is 5.82 Å². The maximum Gasteiger partial charge on any atom is 0.258 e. The second-order valence-corrected chi connectivity index (χ2v) is 8.88. The van der Waals surface area contributed by atoms with Crippen molar-refractivity contribution in [3.63, 3.8) is 0 Å². The predicted molar refractivity (Wildman–Crippen MR) is 110 cm³/mol. The van der Waals surface area contributed by atoms with Crippen LogP contribution in [0.2, 0.25) is 10.0 Å². The van der Waals surface area contributed by atoms with Gasteiger partial charge in [-0.25, -0.2) is 12.8 Å². The van der Waals surface area contributed by atoms with Crippen molar-refractivity contribution in [1.29, 1.82) is 0 Å². The van der Waals surface area contributed by atoms with Gasteiger partial charge >= 0.3 is 0 Å². The van der Waals surface area contributed by atoms with Gasteiger partial charge in [-0.3, -0.25) is 4.79 Å². The quantitative estimate of drug-likeness (QED) is 0.605. The Morgan fingerprint density at radius 3 is 2.25 bits per heavy atom. The van der Waals surface area contributed by atoms with Crippen molar-refractivity contribution in [1.82, 2.24) is 4.31 Å². The molecule has 0 spiro atoms. The van der Waals surface area contributed by atoms with E-state index in [1.54, 1.807) is 0 Å². The molecule has 0 heterocycles. The molecule has 0 bridgehead atoms. The first-order chi connectivity index (χ1) is 13.2. The maximum atomic E-state index is 14.2. The standard InChI is InChI=1S/C19H21Cl2FN2O3S/c1-3-9-24(10-4-2)28(26,27)14-6-8-18(22)15(12-14)19(25)23-13-5-7-16(20)17(21)11-13/h5-8,11-12H,3-4,9-10H2,1-2H3,(H,23,25). The predicted octanol–water partition coefficient (Wildman–Crippen LogP) is 5.20. The monoisotopic (exact) mass is 446 g/mol. The second-order valence-electron chi connectivity index (χ2n) is 6.13. The van der Waals surface area contributed by atoms with E-state index in [0.29, 0.717) is 36.6 Å². The number of sulfonamides is 1. The van der Waals surface area contributed by atoms with E-state index in [4.69, 9.17) is 23.2 Å². The molecule has 0 aromatic heterocycles. The van der Waals surface area contributed by atoms with E-state index in [-0.39, 0.29) is 15.5 Å². The van der Waals surface area contributed by atoms with Crippen LogP contribution in [0.3, 0.4) is 0 Å². The number of benzene rings is 2. The second kappa shape index (κ2) is 9.69. The molecule has 28 heavy (non-hydrogen) atoms. The Labute approximate surface area is 174 Å². The number of carbonyl (C=O) groups is 1. The Kier molecular flexibility index (Phi) is 7.83. The Balaban J connectivity index is 2.36. The molecule has 152 valence electrons. The van der Waals surface area contributed by atoms with E-state index in [1.807, 2.05) is 13.8 Å². The SMILES string of the molecule is CCCN(CCC)S(=O)(=O)c1ccc(F)c(C(=O)Nc2ccc(Cl)c(Cl)c2)c1. The lowest BCUT2D eigenvalue weighted by Crippen LogP contribution is -2.32. The molecule has 2 aromatic carbocycles. The van der Waals surface area contributed by atoms with Crippen molar-refractivity contribution in [2.24, 2.45) is 0 Å². The number of hydrogen-bond acceptors (Lipinski definition) is 3. The summed E-state index contributed by atoms with van der Waals surface area (Å²) in [5.41, 5.74) is -0.0641. The summed E-state index contributed by atoms with van der Waals surface area (Å²) in [5.74, 6) is -1.61. The Morgan fingerprint density at radius 1 is 1.04 bits per heavy atom. The maximum absolute atomic E-state index is 14.2. The van der Waals surface area contributed by atoms with Gasteiger partial charge in [0.05, 0.1) is 20.5 Å². The van der Waals surface area contributed by atoms with Gasteiger partial charge in [-0.2, -0.15) is 4.31 Å². The van der Waals surface area contributed by atoms with Crippen molar-refractivity contribution >= 4 is 44.8 Å². The van der Waals surface area contributed by atoms with Gasteiger partial charge in [-0.05, 0) is 49.2 Å². The van der Waals surface area contributed by atoms with Gasteiger partial charge in [-0.1, -0.05) is 37.0 Å². The minimum atomic E-state index is -3.84. The lowest BCUT2D eigenvalue weighted by molar-refractivity contribution is 0.102. The van der Waals surface area contributed by atoms with Gasteiger partial charge in [0.25, 0.3) is 5.91 Å². The van der Waals surface area contributed by atoms with Crippen LogP contribution in [0.4, 0.5) is 10.1 Å². The average Bonchev–Trinajstić information content (AvgIpc) is 2.64. The Morgan fingerprint density at radius 2 is 1.68 bits per heavy atom. The molecule has 0 saturated heterocycles. The van der Waals surface area contributed by atoms with Crippen molar-refractivity contribution in [2.45, 2.75) is 31.6 Å². The lowest BCUT2D eigenvalue weighted by Gasteiger charge is -2.21. The van der Waals surface area contributed by atoms with E-state index < -0.39 is 21.7 Å². The lowest BCUT2D eigenvalue weighted by atomic mass is 10.2. The first kappa shape index (κ1) is 22.6. The van der Waals surface area contributed by atoms with Crippen molar-refractivity contribution in [3.8, 4) is 0 Å². The molecule has 0 saturated carbocycles. The molecule has 0 radical (unpaired) electrons. The van der Waals surface area contributed by atoms with Gasteiger partial charge < -0.3 is 5.32 Å². The number of anilines is 1. The molecule has 2 aromatic rings. The number of hydrogen-bond donors (Lipinski definition) is 1. The van der Waals surface area contributed by atoms with Crippen LogP contribution in [0, 0.1) is 5.82 Å². The minimum absolute atomic E-state index is 0.130. The highest BCUT2D eigenvalue weighted by Crippen LogP contribution is 2.26. The van der Waals surface area contributed by atoms with Crippen LogP contribution in [0.25, 0.3) is 0 Å². The van der Waals surface area contributed by atoms with Crippen molar-refractivity contribution < 1.29 is 17.6 Å². The van der Waals surface area contributed by atoms with E-state index in [1.165, 1.54) is 28.6 Å². The zero-order valence-electron chi connectivity index (χ0n) is 15.5. The molecular formula is C19H21Cl2FN2O3S. The Hall–Kier alpha value is -1.67. The van der Waals surface area contributed by atoms with Crippen LogP contribution >= 0.6 is 23.2 Å². The number of halogens is 3. The molecule has 0 aliphatic carbocycles. The van der Waals surface area contributed by atoms with Gasteiger partial charge in [0.2, 0.25) is 10.0 Å². The number of nitrogens with one attached hydrogen (secondary N) is 1. The molecule has 0 fully saturated rings. The topological polar surface area (TPSA) is 66.5 Å². The summed E-state index contributed by atoms with van der Waals surface area (Å²) in [6.45, 7) is 4.44. The molecule has 1 amide bonds. The molecule has 2 rings (SSSR count). The highest BCUT2D eigenvalue weighted by Gasteiger charge is 2.25. The fourth-order valence-corrected chi connectivity index (χ4v) is 4.56. The Bertz CT molecular complexity index is 962. The highest BCUT2D eigenvalue weighted by molar-refractivity contribution is 7.89. The summed E-state index contributed by atoms with van der Waals surface area (Å²) < 4.78 is 41.3. The van der Waals surface area contributed by atoms with Crippen LogP contribution in [0.1, 0.15) is 37.0 Å². The number of rotatable bonds is 8. The third-order valence-electron chi connectivity index (χ3n) is 3.94. The van der Waals surface area contributed by atoms with Crippen LogP contribution in [0.15, 0.2) is 41.3 Å². The summed E-state index contributed by atoms with van der Waals surface area (Å²) >= 11 is 11.7. The third kappa shape index (κ3) is 5.23. The zero-order chi connectivity index (χ0) is 20.9. The minimum Gasteiger partial charge on any atom is -0.322 e. The first-order valence-electron chi connectivity index (χ1n) is 8.76. The molecule has 9 heteroatoms. The molecule has 0 aliphatic heterocycles. The molecule has 0 aliphatic rings. The summed E-state index contributed by atoms with van der Waals surface area (Å²) in [5, 5.41) is 3.03. The normalized spacial score (nSPS) is 11.6. The summed E-state index contributed by atoms with van der Waals surface area (Å²) in [6, 6.07) is 7.62. The largest absolute Gasteiger partial charge is 0.322 e. The van der Waals surface area contributed by atoms with Crippen LogP contribution < -0.4 is 5.32 Å². The average molecular weight is 447 g/mol. The zero-order valence-corrected chi connectivity index (χ0v) is 17.8. The van der Waals surface area contributed by atoms with Crippen molar-refractivity contribution in [2.75, 3.05) is 18.4 Å². The molecule has 5 nitrogen and oxygen atoms in total. The van der Waals surface area contributed by atoms with Gasteiger partial charge in [0.15, 0.2) is 0 Å². The van der Waals surface area contributed by atoms with Crippen molar-refractivity contribution in [3.05, 3.63) is 57.8 Å². The van der Waals surface area contributed by atoms with Gasteiger partial charge in [0, 0.05) is 18.8 Å². The molecule has 1 N–H and O–H groups in total. The van der Waals surface area contributed by atoms with Crippen LogP contribution in [-0.4, -0.2) is 31.7 Å². The number of amides is 1. The molecule has 0 unspecified atom stereocenters. The van der Waals surface area contributed by atoms with E-state index in [2.05, 4.69) is 5.32 Å². The van der Waals surface area contributed by atoms with E-state index in [9.17, 15) is 17.6 Å². The number of nitrogens with zero attached hydrogens (tertiary/aromatic N) is 1. The summed E-state index contributed by atoms with van der Waals surface area (Å²) in [4.78, 5) is 12.4. The van der Waals surface area contributed by atoms with E-state index in [0.717, 1.165) is 12.1 Å². The highest BCUT2D eigenvalue weighted by atomic mass is 35.5. The van der Waals surface area contributed by atoms with Crippen LogP contribution in [-0.2, 0) is 10.0 Å². The third-order valence-corrected chi connectivity index (χ3v) is 6.58. The smallest absolute Gasteiger partial charge is 0.258 e. The molecule has 0 atom stereocenters. The van der Waals surface area contributed by atoms with E-state index >= 15 is 0 Å². The summed E-state index contributed by atoms with van der Waals surface area (Å²) in [6.07, 6.45) is 1.29. The summed E-state index contributed by atoms with van der Waals surface area (Å²) in [7, 11) is -3.84. The molecular weight excluding hydrogens is 426 g/mol. The van der Waals surface area contributed by atoms with Crippen LogP contribution in [0.5, 0.6) is 0 Å². The number of carbonyl (C=O) groups excluding carboxylic acids is 1. The van der Waals surface area contributed by atoms with Gasteiger partial charge in [-0.15, -0.1) is 0 Å². The fourth-order valence-electron chi connectivity index (χ4n) is 2.61. The fraction of sp³-hybridized carbons (Fsp3) is 0.316. The first-order valence-corrected chi connectivity index (χ1v) is 11.0.